The zero-order valence-corrected chi connectivity index (χ0v) is 9.33. The Morgan fingerprint density at radius 2 is 2.08 bits per heavy atom. The monoisotopic (exact) mass is 183 g/mol. The fourth-order valence-corrected chi connectivity index (χ4v) is 0.628. The first-order chi connectivity index (χ1) is 4.89. The first-order valence-corrected chi connectivity index (χ1v) is 3.02. The third kappa shape index (κ3) is 4.71. The molecule has 0 spiro atoms. The molecule has 0 saturated heterocycles. The number of hydrogen-bond acceptors (Lipinski definition) is 4. The van der Waals surface area contributed by atoms with E-state index in [0.29, 0.717) is 0 Å². The van der Waals surface area contributed by atoms with Crippen molar-refractivity contribution in [2.45, 2.75) is 25.5 Å². The van der Waals surface area contributed by atoms with Crippen LogP contribution in [-0.4, -0.2) is 29.1 Å². The fraction of sp³-hybridized carbons (Fsp3) is 0.667. The molecule has 0 aromatic rings. The van der Waals surface area contributed by atoms with Gasteiger partial charge in [-0.25, -0.2) is 0 Å². The van der Waals surface area contributed by atoms with Gasteiger partial charge in [-0.15, -0.1) is 0 Å². The van der Waals surface area contributed by atoms with E-state index in [1.165, 1.54) is 13.8 Å². The van der Waals surface area contributed by atoms with Gasteiger partial charge in [0.1, 0.15) is 0 Å². The van der Waals surface area contributed by atoms with Crippen molar-refractivity contribution in [1.29, 1.82) is 0 Å². The molecule has 0 aromatic heterocycles. The van der Waals surface area contributed by atoms with Crippen LogP contribution in [0.25, 0.3) is 0 Å². The number of hydrogen-bond donors (Lipinski definition) is 2. The second kappa shape index (κ2) is 5.53. The van der Waals surface area contributed by atoms with Crippen molar-refractivity contribution in [3.8, 4) is 0 Å². The van der Waals surface area contributed by atoms with Crippen LogP contribution in [0.2, 0.25) is 0 Å². The van der Waals surface area contributed by atoms with Crippen molar-refractivity contribution in [2.75, 3.05) is 0 Å². The molecule has 0 radical (unpaired) electrons. The van der Waals surface area contributed by atoms with Crippen LogP contribution in [0.15, 0.2) is 0 Å². The summed E-state index contributed by atoms with van der Waals surface area (Å²) in [5.74, 6) is -1.51. The van der Waals surface area contributed by atoms with Gasteiger partial charge in [0.25, 0.3) is 0 Å². The third-order valence-electron chi connectivity index (χ3n) is 1.18. The topological polar surface area (TPSA) is 89.5 Å². The van der Waals surface area contributed by atoms with Gasteiger partial charge in [-0.05, 0) is 13.8 Å². The summed E-state index contributed by atoms with van der Waals surface area (Å²) < 4.78 is 0. The Hall–Kier alpha value is -0.100. The first kappa shape index (κ1) is 14.4. The van der Waals surface area contributed by atoms with E-state index in [1.807, 2.05) is 5.32 Å². The number of aliphatic carboxylic acids is 1. The molecule has 0 aromatic carbocycles. The summed E-state index contributed by atoms with van der Waals surface area (Å²) in [6, 6.07) is -1.38. The summed E-state index contributed by atoms with van der Waals surface area (Å²) in [5.41, 5.74) is -1.51. The Labute approximate surface area is 92.4 Å². The van der Waals surface area contributed by atoms with E-state index in [4.69, 9.17) is 5.11 Å². The van der Waals surface area contributed by atoms with Gasteiger partial charge in [0, 0.05) is 0 Å². The number of carbonyl (C=O) groups is 2. The second-order valence-electron chi connectivity index (χ2n) is 2.69. The van der Waals surface area contributed by atoms with Gasteiger partial charge in [-0.3, -0.25) is 4.79 Å². The zero-order chi connectivity index (χ0) is 9.07. The predicted molar refractivity (Wildman–Crippen MR) is 34.3 cm³/mol. The summed E-state index contributed by atoms with van der Waals surface area (Å²) in [7, 11) is 0. The van der Waals surface area contributed by atoms with Crippen molar-refractivity contribution >= 4 is 12.4 Å². The molecule has 1 amide bonds. The molecule has 64 valence electrons. The van der Waals surface area contributed by atoms with Gasteiger partial charge in [-0.1, -0.05) is 0 Å². The number of rotatable bonds is 4. The SMILES string of the molecule is CC(C)(O)C(NC=O)C(=O)[O-].[Na+]. The first-order valence-electron chi connectivity index (χ1n) is 3.02. The van der Waals surface area contributed by atoms with E-state index in [2.05, 4.69) is 0 Å². The molecule has 0 bridgehead atoms. The average molecular weight is 183 g/mol. The Morgan fingerprint density at radius 3 is 2.17 bits per heavy atom. The van der Waals surface area contributed by atoms with Crippen LogP contribution in [0, 0.1) is 0 Å². The smallest absolute Gasteiger partial charge is 0.548 e. The number of nitrogens with one attached hydrogen (secondary N) is 1. The minimum Gasteiger partial charge on any atom is -0.548 e. The molecule has 1 unspecified atom stereocenters. The van der Waals surface area contributed by atoms with Crippen LogP contribution in [0.1, 0.15) is 13.8 Å². The number of amides is 1. The number of aliphatic hydroxyl groups is 1. The molecule has 6 heteroatoms. The maximum atomic E-state index is 10.2. The normalized spacial score (nSPS) is 12.6. The molecule has 0 rings (SSSR count). The van der Waals surface area contributed by atoms with Crippen LogP contribution in [-0.2, 0) is 9.59 Å². The maximum Gasteiger partial charge on any atom is 1.00 e. The molecular weight excluding hydrogens is 173 g/mol. The van der Waals surface area contributed by atoms with Crippen molar-refractivity contribution < 1.29 is 49.4 Å². The van der Waals surface area contributed by atoms with Gasteiger partial charge in [0.15, 0.2) is 0 Å². The Bertz CT molecular complexity index is 165. The molecule has 1 atom stereocenters. The summed E-state index contributed by atoms with van der Waals surface area (Å²) in [4.78, 5) is 20.1. The molecule has 0 saturated carbocycles. The molecule has 5 nitrogen and oxygen atoms in total. The van der Waals surface area contributed by atoms with Crippen molar-refractivity contribution in [3.05, 3.63) is 0 Å². The Kier molecular flexibility index (Phi) is 6.65. The van der Waals surface area contributed by atoms with Crippen LogP contribution >= 0.6 is 0 Å². The summed E-state index contributed by atoms with van der Waals surface area (Å²) in [6.07, 6.45) is 0.207. The van der Waals surface area contributed by atoms with E-state index in [1.54, 1.807) is 0 Å². The number of carbonyl (C=O) groups excluding carboxylic acids is 2. The largest absolute Gasteiger partial charge is 1.00 e. The van der Waals surface area contributed by atoms with Crippen molar-refractivity contribution in [1.82, 2.24) is 5.32 Å². The molecule has 0 fully saturated rings. The molecule has 2 N–H and O–H groups in total. The maximum absolute atomic E-state index is 10.2. The standard InChI is InChI=1S/C6H11NO4.Na/c1-6(2,11)4(5(9)10)7-3-8;/h3-4,11H,1-2H3,(H,7,8)(H,9,10);/q;+1/p-1. The van der Waals surface area contributed by atoms with Gasteiger partial charge in [0.2, 0.25) is 6.41 Å². The quantitative estimate of drug-likeness (QED) is 0.336. The average Bonchev–Trinajstić information content (AvgIpc) is 1.79. The van der Waals surface area contributed by atoms with Gasteiger partial charge < -0.3 is 20.3 Å². The summed E-state index contributed by atoms with van der Waals surface area (Å²) in [5, 5.41) is 21.3. The molecule has 0 heterocycles. The molecular formula is C6H10NNaO4. The van der Waals surface area contributed by atoms with Crippen molar-refractivity contribution in [3.63, 3.8) is 0 Å². The molecule has 12 heavy (non-hydrogen) atoms. The zero-order valence-electron chi connectivity index (χ0n) is 7.33. The minimum absolute atomic E-state index is 0. The van der Waals surface area contributed by atoms with Crippen molar-refractivity contribution in [2.24, 2.45) is 0 Å². The summed E-state index contributed by atoms with van der Waals surface area (Å²) >= 11 is 0. The molecule has 0 aliphatic rings. The number of carboxylic acid groups (broad SMARTS) is 1. The second-order valence-corrected chi connectivity index (χ2v) is 2.69. The van der Waals surface area contributed by atoms with E-state index < -0.39 is 17.6 Å². The minimum atomic E-state index is -1.51. The van der Waals surface area contributed by atoms with E-state index in [-0.39, 0.29) is 36.0 Å². The Balaban J connectivity index is 0. The Morgan fingerprint density at radius 1 is 1.67 bits per heavy atom. The molecule has 0 aliphatic heterocycles. The van der Waals surface area contributed by atoms with Gasteiger partial charge >= 0.3 is 29.6 Å². The van der Waals surface area contributed by atoms with Gasteiger partial charge in [-0.2, -0.15) is 0 Å². The molecule has 0 aliphatic carbocycles. The number of carboxylic acids is 1. The van der Waals surface area contributed by atoms with E-state index in [0.717, 1.165) is 0 Å². The van der Waals surface area contributed by atoms with Crippen LogP contribution in [0.5, 0.6) is 0 Å². The van der Waals surface area contributed by atoms with Crippen LogP contribution < -0.4 is 40.0 Å². The fourth-order valence-electron chi connectivity index (χ4n) is 0.628. The summed E-state index contributed by atoms with van der Waals surface area (Å²) in [6.45, 7) is 2.54. The third-order valence-corrected chi connectivity index (χ3v) is 1.18. The van der Waals surface area contributed by atoms with E-state index >= 15 is 0 Å². The predicted octanol–water partition coefficient (Wildman–Crippen LogP) is -5.37. The van der Waals surface area contributed by atoms with E-state index in [9.17, 15) is 14.7 Å². The van der Waals surface area contributed by atoms with Gasteiger partial charge in [0.05, 0.1) is 17.6 Å². The van der Waals surface area contributed by atoms with Crippen LogP contribution in [0.4, 0.5) is 0 Å². The van der Waals surface area contributed by atoms with Crippen LogP contribution in [0.3, 0.4) is 0 Å².